The molecule has 5 rings (SSSR count). The molecule has 6 nitrogen and oxygen atoms in total. The molecule has 0 bridgehead atoms. The van der Waals surface area contributed by atoms with Crippen LogP contribution in [0.25, 0.3) is 5.69 Å². The molecule has 3 aromatic heterocycles. The van der Waals surface area contributed by atoms with Crippen molar-refractivity contribution in [2.45, 2.75) is 32.5 Å². The first-order valence-electron chi connectivity index (χ1n) is 11.8. The topological polar surface area (TPSA) is 49.2 Å². The Balaban J connectivity index is 1.59. The van der Waals surface area contributed by atoms with Gasteiger partial charge in [0.05, 0.1) is 17.8 Å². The van der Waals surface area contributed by atoms with Crippen molar-refractivity contribution in [1.29, 1.82) is 0 Å². The predicted molar refractivity (Wildman–Crippen MR) is 145 cm³/mol. The van der Waals surface area contributed by atoms with E-state index in [1.165, 1.54) is 22.6 Å². The zero-order valence-corrected chi connectivity index (χ0v) is 21.3. The first-order chi connectivity index (χ1) is 16.9. The van der Waals surface area contributed by atoms with E-state index in [1.54, 1.807) is 6.20 Å². The Morgan fingerprint density at radius 3 is 2.46 bits per heavy atom. The van der Waals surface area contributed by atoms with Crippen LogP contribution in [0.4, 0.5) is 5.69 Å². The lowest BCUT2D eigenvalue weighted by molar-refractivity contribution is 0.310. The molecule has 178 valence electrons. The number of nitrogens with zero attached hydrogens (tertiary/aromatic N) is 5. The van der Waals surface area contributed by atoms with E-state index in [0.29, 0.717) is 6.54 Å². The summed E-state index contributed by atoms with van der Waals surface area (Å²) in [6, 6.07) is 21.0. The van der Waals surface area contributed by atoms with E-state index in [-0.39, 0.29) is 12.1 Å². The number of hydrogen-bond donors (Lipinski definition) is 1. The van der Waals surface area contributed by atoms with Crippen LogP contribution in [0.5, 0.6) is 0 Å². The highest BCUT2D eigenvalue weighted by Gasteiger charge is 2.41. The minimum absolute atomic E-state index is 0.00129. The second-order valence-corrected chi connectivity index (χ2v) is 9.58. The maximum absolute atomic E-state index is 5.86. The fourth-order valence-corrected chi connectivity index (χ4v) is 5.29. The third kappa shape index (κ3) is 4.39. The summed E-state index contributed by atoms with van der Waals surface area (Å²) < 4.78 is 2.33. The molecule has 1 aliphatic heterocycles. The molecule has 0 amide bonds. The average Bonchev–Trinajstić information content (AvgIpc) is 3.35. The van der Waals surface area contributed by atoms with Crippen molar-refractivity contribution >= 4 is 23.0 Å². The lowest BCUT2D eigenvalue weighted by Crippen LogP contribution is -2.29. The minimum Gasteiger partial charge on any atom is -0.378 e. The van der Waals surface area contributed by atoms with E-state index in [2.05, 4.69) is 100 Å². The number of benzene rings is 1. The Labute approximate surface area is 212 Å². The van der Waals surface area contributed by atoms with E-state index >= 15 is 0 Å². The number of aromatic nitrogens is 3. The number of nitrogens with one attached hydrogen (secondary N) is 1. The van der Waals surface area contributed by atoms with Crippen molar-refractivity contribution in [2.24, 2.45) is 0 Å². The molecule has 1 N–H and O–H groups in total. The number of rotatable bonds is 6. The largest absolute Gasteiger partial charge is 0.378 e. The monoisotopic (exact) mass is 482 g/mol. The molecule has 2 atom stereocenters. The minimum atomic E-state index is -0.0505. The summed E-state index contributed by atoms with van der Waals surface area (Å²) in [4.78, 5) is 13.4. The molecule has 1 aliphatic rings. The second kappa shape index (κ2) is 9.50. The van der Waals surface area contributed by atoms with E-state index in [4.69, 9.17) is 12.2 Å². The fourth-order valence-electron chi connectivity index (χ4n) is 4.99. The second-order valence-electron chi connectivity index (χ2n) is 9.19. The van der Waals surface area contributed by atoms with Crippen LogP contribution in [-0.4, -0.2) is 38.6 Å². The van der Waals surface area contributed by atoms with Gasteiger partial charge in [0.15, 0.2) is 5.11 Å². The van der Waals surface area contributed by atoms with E-state index in [1.807, 2.05) is 30.6 Å². The summed E-state index contributed by atoms with van der Waals surface area (Å²) in [6.45, 7) is 5.04. The highest BCUT2D eigenvalue weighted by Crippen LogP contribution is 2.42. The Morgan fingerprint density at radius 1 is 1.00 bits per heavy atom. The Kier molecular flexibility index (Phi) is 6.26. The van der Waals surface area contributed by atoms with Crippen molar-refractivity contribution in [3.05, 3.63) is 107 Å². The van der Waals surface area contributed by atoms with Crippen LogP contribution >= 0.6 is 12.2 Å². The molecule has 4 aromatic rings. The SMILES string of the molecule is Cc1cc(C2C(c3ccccn3)NC(=S)N2Cc2cccnc2)c(C)n1-c1ccc(N(C)C)cc1. The average molecular weight is 483 g/mol. The van der Waals surface area contributed by atoms with Crippen LogP contribution in [-0.2, 0) is 6.54 Å². The van der Waals surface area contributed by atoms with Gasteiger partial charge in [-0.15, -0.1) is 0 Å². The highest BCUT2D eigenvalue weighted by molar-refractivity contribution is 7.80. The molecular weight excluding hydrogens is 452 g/mol. The summed E-state index contributed by atoms with van der Waals surface area (Å²) in [7, 11) is 4.12. The van der Waals surface area contributed by atoms with Crippen LogP contribution in [0, 0.1) is 13.8 Å². The molecule has 1 aromatic carbocycles. The smallest absolute Gasteiger partial charge is 0.170 e. The summed E-state index contributed by atoms with van der Waals surface area (Å²) in [5, 5.41) is 4.30. The van der Waals surface area contributed by atoms with Gasteiger partial charge in [-0.3, -0.25) is 9.97 Å². The van der Waals surface area contributed by atoms with E-state index in [9.17, 15) is 0 Å². The summed E-state index contributed by atoms with van der Waals surface area (Å²) in [5.41, 5.74) is 8.07. The van der Waals surface area contributed by atoms with Gasteiger partial charge in [-0.05, 0) is 85.7 Å². The zero-order chi connectivity index (χ0) is 24.5. The molecular formula is C28H30N6S. The predicted octanol–water partition coefficient (Wildman–Crippen LogP) is 5.12. The fraction of sp³-hybridized carbons (Fsp3) is 0.250. The molecule has 35 heavy (non-hydrogen) atoms. The molecule has 4 heterocycles. The van der Waals surface area contributed by atoms with Crippen LogP contribution in [0.1, 0.15) is 40.3 Å². The van der Waals surface area contributed by atoms with Crippen LogP contribution in [0.3, 0.4) is 0 Å². The van der Waals surface area contributed by atoms with Gasteiger partial charge in [0.2, 0.25) is 0 Å². The number of anilines is 1. The van der Waals surface area contributed by atoms with Crippen molar-refractivity contribution < 1.29 is 0 Å². The van der Waals surface area contributed by atoms with Crippen LogP contribution in [0.2, 0.25) is 0 Å². The highest BCUT2D eigenvalue weighted by atomic mass is 32.1. The van der Waals surface area contributed by atoms with Gasteiger partial charge in [-0.25, -0.2) is 0 Å². The summed E-state index contributed by atoms with van der Waals surface area (Å²) in [6.07, 6.45) is 5.55. The maximum atomic E-state index is 5.86. The van der Waals surface area contributed by atoms with Gasteiger partial charge < -0.3 is 19.7 Å². The zero-order valence-electron chi connectivity index (χ0n) is 20.5. The third-order valence-electron chi connectivity index (χ3n) is 6.69. The number of aryl methyl sites for hydroxylation is 1. The number of hydrogen-bond acceptors (Lipinski definition) is 4. The molecule has 2 unspecified atom stereocenters. The third-order valence-corrected chi connectivity index (χ3v) is 7.04. The first kappa shape index (κ1) is 23.1. The van der Waals surface area contributed by atoms with Gasteiger partial charge in [0.1, 0.15) is 0 Å². The molecule has 0 spiro atoms. The van der Waals surface area contributed by atoms with Gasteiger partial charge in [0.25, 0.3) is 0 Å². The first-order valence-corrected chi connectivity index (χ1v) is 12.2. The summed E-state index contributed by atoms with van der Waals surface area (Å²) >= 11 is 5.86. The van der Waals surface area contributed by atoms with Crippen molar-refractivity contribution in [3.63, 3.8) is 0 Å². The number of pyridine rings is 2. The van der Waals surface area contributed by atoms with Crippen LogP contribution in [0.15, 0.2) is 79.3 Å². The lowest BCUT2D eigenvalue weighted by atomic mass is 9.96. The van der Waals surface area contributed by atoms with Gasteiger partial charge in [-0.1, -0.05) is 12.1 Å². The van der Waals surface area contributed by atoms with E-state index in [0.717, 1.165) is 22.1 Å². The molecule has 0 saturated carbocycles. The van der Waals surface area contributed by atoms with Crippen molar-refractivity contribution in [2.75, 3.05) is 19.0 Å². The number of thiocarbonyl (C=S) groups is 1. The van der Waals surface area contributed by atoms with Gasteiger partial charge >= 0.3 is 0 Å². The van der Waals surface area contributed by atoms with Gasteiger partial charge in [0, 0.05) is 62.0 Å². The molecule has 1 fully saturated rings. The molecule has 1 saturated heterocycles. The molecule has 0 aliphatic carbocycles. The quantitative estimate of drug-likeness (QED) is 0.385. The molecule has 7 heteroatoms. The maximum Gasteiger partial charge on any atom is 0.170 e. The lowest BCUT2D eigenvalue weighted by Gasteiger charge is -2.28. The van der Waals surface area contributed by atoms with Crippen molar-refractivity contribution in [3.8, 4) is 5.69 Å². The van der Waals surface area contributed by atoms with Gasteiger partial charge in [-0.2, -0.15) is 0 Å². The van der Waals surface area contributed by atoms with E-state index < -0.39 is 0 Å². The Morgan fingerprint density at radius 2 is 1.80 bits per heavy atom. The Bertz CT molecular complexity index is 1320. The Hall–Kier alpha value is -3.71. The summed E-state index contributed by atoms with van der Waals surface area (Å²) in [5.74, 6) is 0. The standard InChI is InChI=1S/C28H30N6S/c1-19-16-24(20(2)34(19)23-12-10-22(11-13-23)32(3)4)27-26(25-9-5-6-15-30-25)31-28(35)33(27)18-21-8-7-14-29-17-21/h5-17,26-27H,18H2,1-4H3,(H,31,35). The molecule has 0 radical (unpaired) electrons. The van der Waals surface area contributed by atoms with Crippen molar-refractivity contribution in [1.82, 2.24) is 24.8 Å². The van der Waals surface area contributed by atoms with Crippen LogP contribution < -0.4 is 10.2 Å². The normalized spacial score (nSPS) is 17.5.